The van der Waals surface area contributed by atoms with Gasteiger partial charge in [0.2, 0.25) is 0 Å². The molecule has 0 bridgehead atoms. The summed E-state index contributed by atoms with van der Waals surface area (Å²) in [5.74, 6) is -3.44. The van der Waals surface area contributed by atoms with Gasteiger partial charge >= 0.3 is 17.9 Å². The van der Waals surface area contributed by atoms with Crippen molar-refractivity contribution in [1.29, 1.82) is 0 Å². The minimum atomic E-state index is -0.942. The summed E-state index contributed by atoms with van der Waals surface area (Å²) < 4.78 is 11.2. The molecule has 55 heavy (non-hydrogen) atoms. The number of aliphatic carboxylic acids is 1. The number of unbranched alkanes of at least 4 members (excludes halogenated alkanes) is 34. The van der Waals surface area contributed by atoms with Gasteiger partial charge in [-0.2, -0.15) is 0 Å². The van der Waals surface area contributed by atoms with Crippen molar-refractivity contribution < 1.29 is 29.0 Å². The van der Waals surface area contributed by atoms with E-state index < -0.39 is 23.7 Å². The molecule has 1 N–H and O–H groups in total. The molecular formula is C49H92O6. The number of rotatable bonds is 41. The first kappa shape index (κ1) is 51.4. The third-order valence-corrected chi connectivity index (χ3v) is 12.2. The van der Waals surface area contributed by atoms with E-state index in [9.17, 15) is 19.5 Å². The number of hydrogen-bond donors (Lipinski definition) is 1. The quantitative estimate of drug-likeness (QED) is 0.0491. The Morgan fingerprint density at radius 2 is 0.545 bits per heavy atom. The van der Waals surface area contributed by atoms with Crippen LogP contribution in [0.1, 0.15) is 264 Å². The molecule has 6 heteroatoms. The Morgan fingerprint density at radius 1 is 0.345 bits per heavy atom. The molecule has 2 atom stereocenters. The maximum Gasteiger partial charge on any atom is 0.308 e. The average Bonchev–Trinajstić information content (AvgIpc) is 3.19. The van der Waals surface area contributed by atoms with Crippen molar-refractivity contribution in [2.75, 3.05) is 13.2 Å². The molecule has 6 nitrogen and oxygen atoms in total. The zero-order valence-electron chi connectivity index (χ0n) is 36.7. The maximum atomic E-state index is 12.9. The molecule has 0 aliphatic heterocycles. The summed E-state index contributed by atoms with van der Waals surface area (Å²) in [5.41, 5.74) is 0. The summed E-state index contributed by atoms with van der Waals surface area (Å²) in [5, 5.41) is 9.72. The van der Waals surface area contributed by atoms with Crippen LogP contribution >= 0.6 is 0 Å². The molecule has 2 unspecified atom stereocenters. The van der Waals surface area contributed by atoms with Gasteiger partial charge < -0.3 is 14.6 Å². The van der Waals surface area contributed by atoms with E-state index in [-0.39, 0.29) is 24.8 Å². The molecule has 0 saturated heterocycles. The van der Waals surface area contributed by atoms with Crippen molar-refractivity contribution in [2.45, 2.75) is 264 Å². The van der Waals surface area contributed by atoms with Gasteiger partial charge in [0.15, 0.2) is 0 Å². The van der Waals surface area contributed by atoms with E-state index in [1.54, 1.807) is 0 Å². The molecular weight excluding hydrogens is 685 g/mol. The molecule has 1 aliphatic rings. The van der Waals surface area contributed by atoms with Crippen LogP contribution in [0.2, 0.25) is 0 Å². The normalized spacial score (nSPS) is 17.0. The second-order valence-corrected chi connectivity index (χ2v) is 17.5. The summed E-state index contributed by atoms with van der Waals surface area (Å²) in [7, 11) is 0. The van der Waals surface area contributed by atoms with Crippen molar-refractivity contribution in [3.63, 3.8) is 0 Å². The molecule has 1 aliphatic carbocycles. The highest BCUT2D eigenvalue weighted by molar-refractivity contribution is 5.79. The fourth-order valence-electron chi connectivity index (χ4n) is 8.49. The Hall–Kier alpha value is -1.59. The standard InChI is InChI=1S/C49H92O6/c1-3-5-7-9-11-13-15-17-19-21-23-25-27-29-31-33-35-37-39-54-48(52)45-41-44(47(50)51)42-46(43-45)49(53)55-40-38-36-34-32-30-28-26-24-22-20-18-16-14-12-10-8-6-4-2/h44-46H,3-43H2,1-2H3,(H,50,51). The third-order valence-electron chi connectivity index (χ3n) is 12.2. The number of carboxylic acids is 1. The van der Waals surface area contributed by atoms with Gasteiger partial charge in [-0.3, -0.25) is 14.4 Å². The van der Waals surface area contributed by atoms with Crippen LogP contribution in [-0.2, 0) is 23.9 Å². The van der Waals surface area contributed by atoms with E-state index >= 15 is 0 Å². The number of carbonyl (C=O) groups is 3. The van der Waals surface area contributed by atoms with E-state index in [2.05, 4.69) is 13.8 Å². The highest BCUT2D eigenvalue weighted by Gasteiger charge is 2.40. The third kappa shape index (κ3) is 32.1. The van der Waals surface area contributed by atoms with Gasteiger partial charge in [0.1, 0.15) is 0 Å². The Morgan fingerprint density at radius 3 is 0.764 bits per heavy atom. The van der Waals surface area contributed by atoms with Crippen LogP contribution in [-0.4, -0.2) is 36.2 Å². The Bertz CT molecular complexity index is 811. The molecule has 0 radical (unpaired) electrons. The minimum absolute atomic E-state index is 0.246. The predicted octanol–water partition coefficient (Wildman–Crippen LogP) is 15.3. The number of ether oxygens (including phenoxy) is 2. The Kier molecular flexibility index (Phi) is 36.7. The van der Waals surface area contributed by atoms with Crippen LogP contribution in [0.25, 0.3) is 0 Å². The van der Waals surface area contributed by atoms with Crippen LogP contribution in [0.15, 0.2) is 0 Å². The molecule has 0 aromatic carbocycles. The van der Waals surface area contributed by atoms with Crippen molar-refractivity contribution in [1.82, 2.24) is 0 Å². The molecule has 324 valence electrons. The molecule has 1 saturated carbocycles. The maximum absolute atomic E-state index is 12.9. The van der Waals surface area contributed by atoms with E-state index in [4.69, 9.17) is 9.47 Å². The van der Waals surface area contributed by atoms with Crippen LogP contribution in [0, 0.1) is 17.8 Å². The highest BCUT2D eigenvalue weighted by atomic mass is 16.5. The average molecular weight is 777 g/mol. The lowest BCUT2D eigenvalue weighted by Gasteiger charge is -2.30. The largest absolute Gasteiger partial charge is 0.481 e. The van der Waals surface area contributed by atoms with E-state index in [1.807, 2.05) is 0 Å². The lowest BCUT2D eigenvalue weighted by atomic mass is 9.75. The second kappa shape index (κ2) is 39.2. The SMILES string of the molecule is CCCCCCCCCCCCCCCCCCCCOC(=O)C1CC(C(=O)O)CC(C(=O)OCCCCCCCCCCCCCCCCCCCC)C1. The van der Waals surface area contributed by atoms with Crippen LogP contribution < -0.4 is 0 Å². The summed E-state index contributed by atoms with van der Waals surface area (Å²) >= 11 is 0. The molecule has 0 spiro atoms. The van der Waals surface area contributed by atoms with Gasteiger partial charge in [-0.1, -0.05) is 232 Å². The molecule has 0 amide bonds. The smallest absolute Gasteiger partial charge is 0.308 e. The summed E-state index contributed by atoms with van der Waals surface area (Å²) in [6.45, 7) is 5.31. The lowest BCUT2D eigenvalue weighted by molar-refractivity contribution is -0.159. The zero-order valence-corrected chi connectivity index (χ0v) is 36.7. The van der Waals surface area contributed by atoms with Crippen molar-refractivity contribution in [3.05, 3.63) is 0 Å². The van der Waals surface area contributed by atoms with Gasteiger partial charge in [-0.25, -0.2) is 0 Å². The summed E-state index contributed by atoms with van der Waals surface area (Å²) in [6, 6.07) is 0. The van der Waals surface area contributed by atoms with Gasteiger partial charge in [0.25, 0.3) is 0 Å². The van der Waals surface area contributed by atoms with Crippen molar-refractivity contribution >= 4 is 17.9 Å². The van der Waals surface area contributed by atoms with Crippen LogP contribution in [0.5, 0.6) is 0 Å². The molecule has 0 heterocycles. The molecule has 0 aromatic heterocycles. The highest BCUT2D eigenvalue weighted by Crippen LogP contribution is 2.35. The van der Waals surface area contributed by atoms with Crippen molar-refractivity contribution in [3.8, 4) is 0 Å². The topological polar surface area (TPSA) is 89.9 Å². The molecule has 1 rings (SSSR count). The minimum Gasteiger partial charge on any atom is -0.481 e. The first-order valence-electron chi connectivity index (χ1n) is 24.6. The molecule has 0 aromatic rings. The van der Waals surface area contributed by atoms with Crippen LogP contribution in [0.3, 0.4) is 0 Å². The van der Waals surface area contributed by atoms with E-state index in [0.717, 1.165) is 38.5 Å². The number of carbonyl (C=O) groups excluding carboxylic acids is 2. The fourth-order valence-corrected chi connectivity index (χ4v) is 8.49. The summed E-state index contributed by atoms with van der Waals surface area (Å²) in [6.07, 6.45) is 48.1. The zero-order chi connectivity index (χ0) is 39.9. The van der Waals surface area contributed by atoms with Crippen molar-refractivity contribution in [2.24, 2.45) is 17.8 Å². The first-order chi connectivity index (χ1) is 27.0. The second-order valence-electron chi connectivity index (χ2n) is 17.5. The monoisotopic (exact) mass is 777 g/mol. The van der Waals surface area contributed by atoms with Gasteiger partial charge in [-0.05, 0) is 32.1 Å². The fraction of sp³-hybridized carbons (Fsp3) is 0.939. The van der Waals surface area contributed by atoms with Gasteiger partial charge in [0, 0.05) is 0 Å². The van der Waals surface area contributed by atoms with E-state index in [0.29, 0.717) is 19.6 Å². The molecule has 1 fully saturated rings. The van der Waals surface area contributed by atoms with Gasteiger partial charge in [0.05, 0.1) is 31.0 Å². The lowest BCUT2D eigenvalue weighted by Crippen LogP contribution is -2.36. The first-order valence-corrected chi connectivity index (χ1v) is 24.6. The van der Waals surface area contributed by atoms with E-state index in [1.165, 1.54) is 193 Å². The van der Waals surface area contributed by atoms with Gasteiger partial charge in [-0.15, -0.1) is 0 Å². The Labute approximate surface area is 341 Å². The Balaban J connectivity index is 2.01. The number of carboxylic acid groups (broad SMARTS) is 1. The number of hydrogen-bond acceptors (Lipinski definition) is 5. The summed E-state index contributed by atoms with van der Waals surface area (Å²) in [4.78, 5) is 37.7. The number of esters is 2. The predicted molar refractivity (Wildman–Crippen MR) is 231 cm³/mol. The van der Waals surface area contributed by atoms with Crippen LogP contribution in [0.4, 0.5) is 0 Å².